The Balaban J connectivity index is 1.61. The molecule has 0 aliphatic heterocycles. The maximum atomic E-state index is 12.2. The van der Waals surface area contributed by atoms with Gasteiger partial charge in [-0.25, -0.2) is 0 Å². The number of ether oxygens (including phenoxy) is 1. The van der Waals surface area contributed by atoms with Gasteiger partial charge in [0, 0.05) is 18.3 Å². The average Bonchev–Trinajstić information content (AvgIpc) is 3.15. The Kier molecular flexibility index (Phi) is 4.91. The lowest BCUT2D eigenvalue weighted by Gasteiger charge is -2.09. The number of furan rings is 1. The number of rotatable bonds is 6. The number of benzene rings is 1. The summed E-state index contributed by atoms with van der Waals surface area (Å²) in [6.45, 7) is 0.435. The Bertz CT molecular complexity index is 813. The van der Waals surface area contributed by atoms with Crippen molar-refractivity contribution in [2.24, 2.45) is 0 Å². The Hall–Kier alpha value is -3.08. The van der Waals surface area contributed by atoms with Crippen LogP contribution in [0.2, 0.25) is 0 Å². The Morgan fingerprint density at radius 3 is 2.88 bits per heavy atom. The van der Waals surface area contributed by atoms with Gasteiger partial charge >= 0.3 is 0 Å². The minimum absolute atomic E-state index is 0.0594. The van der Waals surface area contributed by atoms with Crippen molar-refractivity contribution in [3.8, 4) is 17.2 Å². The smallest absolute Gasteiger partial charge is 0.224 e. The van der Waals surface area contributed by atoms with E-state index in [9.17, 15) is 4.79 Å². The number of nitrogens with zero attached hydrogens (tertiary/aromatic N) is 1. The topological polar surface area (TPSA) is 64.4 Å². The second-order valence-corrected chi connectivity index (χ2v) is 5.29. The van der Waals surface area contributed by atoms with Gasteiger partial charge in [-0.15, -0.1) is 0 Å². The summed E-state index contributed by atoms with van der Waals surface area (Å²) in [4.78, 5) is 16.4. The number of methoxy groups -OCH3 is 1. The van der Waals surface area contributed by atoms with Crippen LogP contribution in [-0.2, 0) is 17.8 Å². The second kappa shape index (κ2) is 7.46. The molecular formula is C19H18N2O3. The van der Waals surface area contributed by atoms with E-state index in [0.717, 1.165) is 22.6 Å². The number of carbonyl (C=O) groups excluding carboxylic acids is 1. The van der Waals surface area contributed by atoms with Gasteiger partial charge in [-0.1, -0.05) is 18.2 Å². The number of aromatic nitrogens is 1. The molecule has 0 bridgehead atoms. The van der Waals surface area contributed by atoms with Crippen LogP contribution < -0.4 is 10.1 Å². The first-order valence-corrected chi connectivity index (χ1v) is 7.63. The molecule has 0 atom stereocenters. The van der Waals surface area contributed by atoms with Crippen LogP contribution in [0.25, 0.3) is 11.5 Å². The molecule has 3 aromatic rings. The summed E-state index contributed by atoms with van der Waals surface area (Å²) >= 11 is 0. The second-order valence-electron chi connectivity index (χ2n) is 5.29. The van der Waals surface area contributed by atoms with E-state index in [4.69, 9.17) is 9.15 Å². The number of carbonyl (C=O) groups is 1. The molecule has 1 N–H and O–H groups in total. The van der Waals surface area contributed by atoms with E-state index in [1.807, 2.05) is 48.5 Å². The highest BCUT2D eigenvalue weighted by Gasteiger charge is 2.09. The van der Waals surface area contributed by atoms with Gasteiger partial charge in [0.1, 0.15) is 11.4 Å². The van der Waals surface area contributed by atoms with Crippen LogP contribution >= 0.6 is 0 Å². The van der Waals surface area contributed by atoms with Gasteiger partial charge < -0.3 is 14.5 Å². The number of hydrogen-bond acceptors (Lipinski definition) is 4. The van der Waals surface area contributed by atoms with E-state index in [0.29, 0.717) is 12.3 Å². The lowest BCUT2D eigenvalue weighted by molar-refractivity contribution is -0.120. The molecule has 5 heteroatoms. The Morgan fingerprint density at radius 2 is 2.08 bits per heavy atom. The largest absolute Gasteiger partial charge is 0.496 e. The molecule has 24 heavy (non-hydrogen) atoms. The van der Waals surface area contributed by atoms with E-state index in [1.165, 1.54) is 0 Å². The fourth-order valence-electron chi connectivity index (χ4n) is 2.43. The molecule has 2 aromatic heterocycles. The summed E-state index contributed by atoms with van der Waals surface area (Å²) in [5.41, 5.74) is 2.57. The monoisotopic (exact) mass is 322 g/mol. The zero-order chi connectivity index (χ0) is 16.8. The van der Waals surface area contributed by atoms with E-state index < -0.39 is 0 Å². The van der Waals surface area contributed by atoms with E-state index >= 15 is 0 Å². The molecule has 0 fully saturated rings. The normalized spacial score (nSPS) is 10.4. The molecule has 122 valence electrons. The van der Waals surface area contributed by atoms with Crippen molar-refractivity contribution < 1.29 is 13.9 Å². The predicted molar refractivity (Wildman–Crippen MR) is 90.5 cm³/mol. The molecule has 0 unspecified atom stereocenters. The zero-order valence-corrected chi connectivity index (χ0v) is 13.4. The van der Waals surface area contributed by atoms with Gasteiger partial charge in [-0.05, 0) is 35.9 Å². The first-order chi connectivity index (χ1) is 11.8. The van der Waals surface area contributed by atoms with E-state index in [2.05, 4.69) is 10.3 Å². The highest BCUT2D eigenvalue weighted by atomic mass is 16.5. The van der Waals surface area contributed by atoms with Crippen molar-refractivity contribution in [3.63, 3.8) is 0 Å². The molecule has 5 nitrogen and oxygen atoms in total. The van der Waals surface area contributed by atoms with Gasteiger partial charge in [0.25, 0.3) is 0 Å². The van der Waals surface area contributed by atoms with Crippen molar-refractivity contribution in [3.05, 3.63) is 72.1 Å². The Morgan fingerprint density at radius 1 is 1.21 bits per heavy atom. The molecule has 2 heterocycles. The first kappa shape index (κ1) is 15.8. The van der Waals surface area contributed by atoms with Crippen LogP contribution in [0.15, 0.2) is 65.4 Å². The van der Waals surface area contributed by atoms with Crippen LogP contribution in [0.3, 0.4) is 0 Å². The minimum Gasteiger partial charge on any atom is -0.496 e. The first-order valence-electron chi connectivity index (χ1n) is 7.63. The summed E-state index contributed by atoms with van der Waals surface area (Å²) in [6.07, 6.45) is 3.60. The maximum absolute atomic E-state index is 12.2. The molecule has 0 aliphatic rings. The molecular weight excluding hydrogens is 304 g/mol. The molecule has 0 spiro atoms. The molecule has 0 aliphatic carbocycles. The van der Waals surface area contributed by atoms with Crippen LogP contribution in [0.1, 0.15) is 11.1 Å². The fourth-order valence-corrected chi connectivity index (χ4v) is 2.43. The number of pyridine rings is 1. The molecule has 3 rings (SSSR count). The number of nitrogens with one attached hydrogen (secondary N) is 1. The SMILES string of the molecule is COc1ccccc1CC(=O)NCc1ccnc(-c2ccco2)c1. The molecule has 0 saturated heterocycles. The highest BCUT2D eigenvalue weighted by Crippen LogP contribution is 2.19. The quantitative estimate of drug-likeness (QED) is 0.757. The summed E-state index contributed by atoms with van der Waals surface area (Å²) in [6, 6.07) is 15.0. The third kappa shape index (κ3) is 3.81. The molecule has 1 amide bonds. The van der Waals surface area contributed by atoms with E-state index in [1.54, 1.807) is 19.6 Å². The average molecular weight is 322 g/mol. The van der Waals surface area contributed by atoms with Crippen LogP contribution in [-0.4, -0.2) is 18.0 Å². The summed E-state index contributed by atoms with van der Waals surface area (Å²) < 4.78 is 10.6. The zero-order valence-electron chi connectivity index (χ0n) is 13.4. The van der Waals surface area contributed by atoms with Crippen molar-refractivity contribution in [2.45, 2.75) is 13.0 Å². The summed E-state index contributed by atoms with van der Waals surface area (Å²) in [5.74, 6) is 1.37. The predicted octanol–water partition coefficient (Wildman–Crippen LogP) is 3.21. The van der Waals surface area contributed by atoms with Crippen LogP contribution in [0.4, 0.5) is 0 Å². The lowest BCUT2D eigenvalue weighted by atomic mass is 10.1. The van der Waals surface area contributed by atoms with Crippen molar-refractivity contribution in [2.75, 3.05) is 7.11 Å². The van der Waals surface area contributed by atoms with Crippen molar-refractivity contribution in [1.82, 2.24) is 10.3 Å². The summed E-state index contributed by atoms with van der Waals surface area (Å²) in [5, 5.41) is 2.92. The minimum atomic E-state index is -0.0594. The van der Waals surface area contributed by atoms with Gasteiger partial charge in [-0.3, -0.25) is 9.78 Å². The summed E-state index contributed by atoms with van der Waals surface area (Å²) in [7, 11) is 1.60. The fraction of sp³-hybridized carbons (Fsp3) is 0.158. The van der Waals surface area contributed by atoms with Crippen molar-refractivity contribution in [1.29, 1.82) is 0 Å². The number of hydrogen-bond donors (Lipinski definition) is 1. The van der Waals surface area contributed by atoms with Gasteiger partial charge in [0.05, 0.1) is 19.8 Å². The third-order valence-electron chi connectivity index (χ3n) is 3.63. The van der Waals surface area contributed by atoms with Crippen LogP contribution in [0, 0.1) is 0 Å². The number of amides is 1. The highest BCUT2D eigenvalue weighted by molar-refractivity contribution is 5.79. The standard InChI is InChI=1S/C19H18N2O3/c1-23-17-6-3-2-5-15(17)12-19(22)21-13-14-8-9-20-16(11-14)18-7-4-10-24-18/h2-11H,12-13H2,1H3,(H,21,22). The van der Waals surface area contributed by atoms with Gasteiger partial charge in [0.15, 0.2) is 5.76 Å². The van der Waals surface area contributed by atoms with Gasteiger partial charge in [-0.2, -0.15) is 0 Å². The maximum Gasteiger partial charge on any atom is 0.224 e. The van der Waals surface area contributed by atoms with Crippen LogP contribution in [0.5, 0.6) is 5.75 Å². The van der Waals surface area contributed by atoms with Crippen molar-refractivity contribution >= 4 is 5.91 Å². The molecule has 0 radical (unpaired) electrons. The number of para-hydroxylation sites is 1. The molecule has 1 aromatic carbocycles. The van der Waals surface area contributed by atoms with E-state index in [-0.39, 0.29) is 12.3 Å². The lowest BCUT2D eigenvalue weighted by Crippen LogP contribution is -2.24. The molecule has 0 saturated carbocycles. The third-order valence-corrected chi connectivity index (χ3v) is 3.63. The van der Waals surface area contributed by atoms with Gasteiger partial charge in [0.2, 0.25) is 5.91 Å². The Labute approximate surface area is 140 Å².